The van der Waals surface area contributed by atoms with Gasteiger partial charge in [-0.15, -0.1) is 0 Å². The molecule has 0 bridgehead atoms. The predicted octanol–water partition coefficient (Wildman–Crippen LogP) is 3.67. The van der Waals surface area contributed by atoms with Crippen molar-refractivity contribution in [2.45, 2.75) is 6.61 Å². The highest BCUT2D eigenvalue weighted by molar-refractivity contribution is 8.18. The molecule has 13 heteroatoms. The Bertz CT molecular complexity index is 1170. The topological polar surface area (TPSA) is 128 Å². The van der Waals surface area contributed by atoms with Crippen LogP contribution in [-0.4, -0.2) is 53.7 Å². The Morgan fingerprint density at radius 3 is 2.65 bits per heavy atom. The molecule has 1 aliphatic heterocycles. The Morgan fingerprint density at radius 1 is 1.24 bits per heavy atom. The first-order valence-electron chi connectivity index (χ1n) is 9.61. The van der Waals surface area contributed by atoms with Gasteiger partial charge in [0.25, 0.3) is 22.7 Å². The maximum absolute atomic E-state index is 12.6. The van der Waals surface area contributed by atoms with Gasteiger partial charge in [-0.2, -0.15) is 8.78 Å². The molecule has 2 aromatic carbocycles. The zero-order valence-corrected chi connectivity index (χ0v) is 18.3. The number of benzene rings is 2. The average Bonchev–Trinajstić information content (AvgIpc) is 3.06. The summed E-state index contributed by atoms with van der Waals surface area (Å²) >= 11 is 0.671. The summed E-state index contributed by atoms with van der Waals surface area (Å²) in [5.74, 6) is -1.49. The number of nitro groups is 1. The van der Waals surface area contributed by atoms with Crippen LogP contribution >= 0.6 is 11.8 Å². The summed E-state index contributed by atoms with van der Waals surface area (Å²) in [7, 11) is 1.27. The second-order valence-electron chi connectivity index (χ2n) is 6.65. The van der Waals surface area contributed by atoms with Crippen LogP contribution < -0.4 is 14.8 Å². The Labute approximate surface area is 195 Å². The summed E-state index contributed by atoms with van der Waals surface area (Å²) in [6.07, 6.45) is 1.39. The van der Waals surface area contributed by atoms with Crippen molar-refractivity contribution in [3.8, 4) is 11.5 Å². The molecule has 0 unspecified atom stereocenters. The van der Waals surface area contributed by atoms with Gasteiger partial charge in [-0.25, -0.2) is 0 Å². The van der Waals surface area contributed by atoms with Gasteiger partial charge in [0.05, 0.1) is 16.9 Å². The maximum Gasteiger partial charge on any atom is 0.387 e. The normalized spacial score (nSPS) is 14.6. The van der Waals surface area contributed by atoms with E-state index in [1.54, 1.807) is 0 Å². The summed E-state index contributed by atoms with van der Waals surface area (Å²) in [6.45, 7) is -3.31. The van der Waals surface area contributed by atoms with Gasteiger partial charge >= 0.3 is 6.61 Å². The van der Waals surface area contributed by atoms with E-state index in [2.05, 4.69) is 10.1 Å². The van der Waals surface area contributed by atoms with Crippen molar-refractivity contribution in [1.82, 2.24) is 10.2 Å². The second-order valence-corrected chi connectivity index (χ2v) is 7.65. The summed E-state index contributed by atoms with van der Waals surface area (Å²) in [6, 6.07) is 9.43. The molecule has 0 aromatic heterocycles. The maximum atomic E-state index is 12.6. The van der Waals surface area contributed by atoms with Crippen LogP contribution in [0.5, 0.6) is 11.5 Å². The number of carbonyl (C=O) groups excluding carboxylic acids is 3. The van der Waals surface area contributed by atoms with E-state index in [0.717, 1.165) is 4.90 Å². The molecule has 3 rings (SSSR count). The van der Waals surface area contributed by atoms with E-state index in [1.807, 2.05) is 0 Å². The van der Waals surface area contributed by atoms with Crippen LogP contribution in [0, 0.1) is 10.1 Å². The highest BCUT2D eigenvalue weighted by Crippen LogP contribution is 2.34. The van der Waals surface area contributed by atoms with Crippen molar-refractivity contribution in [1.29, 1.82) is 0 Å². The number of ether oxygens (including phenoxy) is 2. The monoisotopic (exact) mass is 493 g/mol. The first-order chi connectivity index (χ1) is 16.2. The van der Waals surface area contributed by atoms with Crippen LogP contribution in [0.2, 0.25) is 0 Å². The number of halogens is 2. The number of nitrogens with one attached hydrogen (secondary N) is 1. The standard InChI is InChI=1S/C21H17F2N3O7S/c1-32-16-10-12(6-7-15(16)33-20(22)23)11-17-19(28)25(21(29)34-17)9-8-24-18(27)13-4-2-3-5-14(13)26(30)31/h2-7,10-11,20H,8-9H2,1H3,(H,24,27)/b17-11-. The molecule has 2 aromatic rings. The number of thioether (sulfide) groups is 1. The molecule has 1 saturated heterocycles. The summed E-state index contributed by atoms with van der Waals surface area (Å²) in [4.78, 5) is 48.6. The lowest BCUT2D eigenvalue weighted by Crippen LogP contribution is -2.37. The van der Waals surface area contributed by atoms with E-state index in [0.29, 0.717) is 17.3 Å². The van der Waals surface area contributed by atoms with Crippen molar-refractivity contribution in [3.05, 3.63) is 68.6 Å². The van der Waals surface area contributed by atoms with Crippen LogP contribution in [0.15, 0.2) is 47.4 Å². The van der Waals surface area contributed by atoms with Gasteiger partial charge in [-0.05, 0) is 41.6 Å². The molecule has 178 valence electrons. The SMILES string of the molecule is COc1cc(/C=C2\SC(=O)N(CCNC(=O)c3ccccc3[N+](=O)[O-])C2=O)ccc1OC(F)F. The molecule has 0 atom stereocenters. The van der Waals surface area contributed by atoms with E-state index in [9.17, 15) is 33.3 Å². The number of rotatable bonds is 9. The Kier molecular flexibility index (Phi) is 7.79. The third-order valence-electron chi connectivity index (χ3n) is 4.54. The van der Waals surface area contributed by atoms with E-state index in [-0.39, 0.29) is 40.7 Å². The highest BCUT2D eigenvalue weighted by Gasteiger charge is 2.35. The van der Waals surface area contributed by atoms with Crippen molar-refractivity contribution in [2.75, 3.05) is 20.2 Å². The minimum absolute atomic E-state index is 0.0194. The fourth-order valence-electron chi connectivity index (χ4n) is 3.01. The number of nitrogens with zero attached hydrogens (tertiary/aromatic N) is 2. The number of hydrogen-bond acceptors (Lipinski definition) is 8. The number of carbonyl (C=O) groups is 3. The smallest absolute Gasteiger partial charge is 0.387 e. The fourth-order valence-corrected chi connectivity index (χ4v) is 3.88. The molecule has 0 radical (unpaired) electrons. The van der Waals surface area contributed by atoms with Crippen LogP contribution in [0.1, 0.15) is 15.9 Å². The number of methoxy groups -OCH3 is 1. The number of alkyl halides is 2. The lowest BCUT2D eigenvalue weighted by molar-refractivity contribution is -0.385. The second kappa shape index (κ2) is 10.7. The highest BCUT2D eigenvalue weighted by atomic mass is 32.2. The van der Waals surface area contributed by atoms with E-state index >= 15 is 0 Å². The first-order valence-corrected chi connectivity index (χ1v) is 10.4. The molecule has 1 aliphatic rings. The Hall–Kier alpha value is -4.00. The van der Waals surface area contributed by atoms with Crippen molar-refractivity contribution >= 4 is 40.6 Å². The lowest BCUT2D eigenvalue weighted by Gasteiger charge is -2.13. The first kappa shape index (κ1) is 24.6. The average molecular weight is 493 g/mol. The van der Waals surface area contributed by atoms with Gasteiger partial charge in [0, 0.05) is 19.2 Å². The third-order valence-corrected chi connectivity index (χ3v) is 5.45. The van der Waals surface area contributed by atoms with Gasteiger partial charge in [-0.1, -0.05) is 18.2 Å². The molecule has 0 spiro atoms. The van der Waals surface area contributed by atoms with Crippen LogP contribution in [0.25, 0.3) is 6.08 Å². The summed E-state index contributed by atoms with van der Waals surface area (Å²) < 4.78 is 34.3. The van der Waals surface area contributed by atoms with Crippen molar-refractivity contribution < 1.29 is 37.6 Å². The minimum Gasteiger partial charge on any atom is -0.493 e. The van der Waals surface area contributed by atoms with Crippen molar-refractivity contribution in [2.24, 2.45) is 0 Å². The zero-order valence-electron chi connectivity index (χ0n) is 17.5. The zero-order chi connectivity index (χ0) is 24.8. The predicted molar refractivity (Wildman–Crippen MR) is 118 cm³/mol. The van der Waals surface area contributed by atoms with Gasteiger partial charge in [0.15, 0.2) is 11.5 Å². The fraction of sp³-hybridized carbons (Fsp3) is 0.190. The molecule has 1 fully saturated rings. The summed E-state index contributed by atoms with van der Waals surface area (Å²) in [5.41, 5.74) is -0.0992. The van der Waals surface area contributed by atoms with E-state index in [1.165, 1.54) is 55.7 Å². The number of para-hydroxylation sites is 1. The number of nitro benzene ring substituents is 1. The number of amides is 3. The number of hydrogen-bond donors (Lipinski definition) is 1. The quantitative estimate of drug-likeness (QED) is 0.318. The van der Waals surface area contributed by atoms with E-state index < -0.39 is 28.6 Å². The Balaban J connectivity index is 1.65. The molecular formula is C21H17F2N3O7S. The number of imide groups is 1. The van der Waals surface area contributed by atoms with Crippen molar-refractivity contribution in [3.63, 3.8) is 0 Å². The molecule has 10 nitrogen and oxygen atoms in total. The van der Waals surface area contributed by atoms with Crippen LogP contribution in [0.3, 0.4) is 0 Å². The molecule has 3 amide bonds. The lowest BCUT2D eigenvalue weighted by atomic mass is 10.1. The molecule has 34 heavy (non-hydrogen) atoms. The molecular weight excluding hydrogens is 476 g/mol. The molecule has 1 heterocycles. The van der Waals surface area contributed by atoms with Crippen LogP contribution in [-0.2, 0) is 4.79 Å². The van der Waals surface area contributed by atoms with E-state index in [4.69, 9.17) is 4.74 Å². The van der Waals surface area contributed by atoms with Crippen LogP contribution in [0.4, 0.5) is 19.3 Å². The molecule has 1 N–H and O–H groups in total. The minimum atomic E-state index is -3.04. The van der Waals surface area contributed by atoms with Gasteiger partial charge in [-0.3, -0.25) is 29.4 Å². The van der Waals surface area contributed by atoms with Gasteiger partial charge in [0.1, 0.15) is 5.56 Å². The molecule has 0 aliphatic carbocycles. The Morgan fingerprint density at radius 2 is 1.97 bits per heavy atom. The van der Waals surface area contributed by atoms with Gasteiger partial charge < -0.3 is 14.8 Å². The molecule has 0 saturated carbocycles. The largest absolute Gasteiger partial charge is 0.493 e. The summed E-state index contributed by atoms with van der Waals surface area (Å²) in [5, 5.41) is 12.9. The van der Waals surface area contributed by atoms with Gasteiger partial charge in [0.2, 0.25) is 0 Å². The third kappa shape index (κ3) is 5.67.